The van der Waals surface area contributed by atoms with Gasteiger partial charge in [-0.1, -0.05) is 12.1 Å². The largest absolute Gasteiger partial charge is 0.295 e. The van der Waals surface area contributed by atoms with Crippen molar-refractivity contribution in [3.05, 3.63) is 35.6 Å². The molecule has 1 saturated heterocycles. The summed E-state index contributed by atoms with van der Waals surface area (Å²) in [6.45, 7) is 0.298. The molecule has 2 rings (SSSR count). The van der Waals surface area contributed by atoms with Crippen LogP contribution in [0.5, 0.6) is 0 Å². The van der Waals surface area contributed by atoms with Crippen LogP contribution >= 0.6 is 11.8 Å². The highest BCUT2D eigenvalue weighted by molar-refractivity contribution is 7.99. The highest BCUT2D eigenvalue weighted by Crippen LogP contribution is 2.21. The van der Waals surface area contributed by atoms with Gasteiger partial charge >= 0.3 is 0 Å². The van der Waals surface area contributed by atoms with E-state index < -0.39 is 5.82 Å². The Labute approximate surface area is 105 Å². The lowest BCUT2D eigenvalue weighted by Gasteiger charge is -2.22. The quantitative estimate of drug-likeness (QED) is 0.769. The van der Waals surface area contributed by atoms with E-state index in [0.717, 1.165) is 17.9 Å². The van der Waals surface area contributed by atoms with Crippen molar-refractivity contribution in [1.82, 2.24) is 4.90 Å². The predicted octanol–water partition coefficient (Wildman–Crippen LogP) is 2.45. The highest BCUT2D eigenvalue weighted by Gasteiger charge is 2.22. The van der Waals surface area contributed by atoms with E-state index in [9.17, 15) is 9.18 Å². The lowest BCUT2D eigenvalue weighted by Crippen LogP contribution is -2.36. The number of likely N-dealkylation sites (N-methyl/N-ethyl adjacent to an activating group) is 1. The van der Waals surface area contributed by atoms with Crippen molar-refractivity contribution in [3.8, 4) is 0 Å². The van der Waals surface area contributed by atoms with Gasteiger partial charge in [0.15, 0.2) is 5.78 Å². The number of hydrogen-bond donors (Lipinski definition) is 0. The Hall–Kier alpha value is -0.870. The molecule has 0 aliphatic carbocycles. The maximum Gasteiger partial charge on any atom is 0.179 e. The van der Waals surface area contributed by atoms with Crippen molar-refractivity contribution < 1.29 is 9.18 Å². The molecule has 0 saturated carbocycles. The van der Waals surface area contributed by atoms with Gasteiger partial charge in [-0.15, -0.1) is 0 Å². The molecule has 0 N–H and O–H groups in total. The topological polar surface area (TPSA) is 20.3 Å². The Morgan fingerprint density at radius 3 is 2.94 bits per heavy atom. The molecule has 0 radical (unpaired) electrons. The van der Waals surface area contributed by atoms with Gasteiger partial charge in [0.1, 0.15) is 5.82 Å². The minimum Gasteiger partial charge on any atom is -0.295 e. The first-order chi connectivity index (χ1) is 8.18. The average Bonchev–Trinajstić information content (AvgIpc) is 2.82. The second-order valence-corrected chi connectivity index (χ2v) is 5.49. The van der Waals surface area contributed by atoms with E-state index in [-0.39, 0.29) is 11.3 Å². The lowest BCUT2D eigenvalue weighted by atomic mass is 10.1. The molecule has 1 aromatic carbocycles. The molecule has 1 aliphatic rings. The summed E-state index contributed by atoms with van der Waals surface area (Å²) in [6, 6.07) is 6.63. The van der Waals surface area contributed by atoms with Gasteiger partial charge in [0, 0.05) is 11.8 Å². The van der Waals surface area contributed by atoms with Crippen molar-refractivity contribution in [1.29, 1.82) is 0 Å². The molecular weight excluding hydrogens is 237 g/mol. The fraction of sp³-hybridized carbons (Fsp3) is 0.462. The van der Waals surface area contributed by atoms with Crippen LogP contribution in [-0.2, 0) is 0 Å². The van der Waals surface area contributed by atoms with Gasteiger partial charge < -0.3 is 0 Å². The number of hydrogen-bond acceptors (Lipinski definition) is 3. The summed E-state index contributed by atoms with van der Waals surface area (Å²) in [5, 5.41) is 0. The zero-order valence-electron chi connectivity index (χ0n) is 9.86. The molecule has 1 fully saturated rings. The van der Waals surface area contributed by atoms with E-state index in [4.69, 9.17) is 0 Å². The van der Waals surface area contributed by atoms with Crippen LogP contribution in [0.1, 0.15) is 16.8 Å². The summed E-state index contributed by atoms with van der Waals surface area (Å²) >= 11 is 1.91. The molecule has 0 spiro atoms. The Kier molecular flexibility index (Phi) is 4.18. The van der Waals surface area contributed by atoms with E-state index in [2.05, 4.69) is 0 Å². The molecule has 1 unspecified atom stereocenters. The number of ketones is 1. The van der Waals surface area contributed by atoms with Gasteiger partial charge in [0.2, 0.25) is 0 Å². The number of carbonyl (C=O) groups excluding carboxylic acids is 1. The molecule has 4 heteroatoms. The van der Waals surface area contributed by atoms with Crippen LogP contribution in [0.15, 0.2) is 24.3 Å². The second-order valence-electron chi connectivity index (χ2n) is 4.34. The summed E-state index contributed by atoms with van der Waals surface area (Å²) in [7, 11) is 1.94. The molecule has 2 nitrogen and oxygen atoms in total. The van der Waals surface area contributed by atoms with Crippen molar-refractivity contribution in [3.63, 3.8) is 0 Å². The van der Waals surface area contributed by atoms with E-state index >= 15 is 0 Å². The third kappa shape index (κ3) is 3.07. The number of halogens is 1. The summed E-state index contributed by atoms with van der Waals surface area (Å²) in [6.07, 6.45) is 1.12. The van der Waals surface area contributed by atoms with Crippen LogP contribution in [0.2, 0.25) is 0 Å². The number of benzene rings is 1. The fourth-order valence-electron chi connectivity index (χ4n) is 2.00. The maximum atomic E-state index is 13.4. The monoisotopic (exact) mass is 253 g/mol. The van der Waals surface area contributed by atoms with Gasteiger partial charge in [-0.2, -0.15) is 11.8 Å². The number of carbonyl (C=O) groups is 1. The third-order valence-electron chi connectivity index (χ3n) is 3.10. The molecule has 1 heterocycles. The van der Waals surface area contributed by atoms with Crippen LogP contribution in [-0.4, -0.2) is 41.8 Å². The number of thioether (sulfide) groups is 1. The van der Waals surface area contributed by atoms with E-state index in [1.165, 1.54) is 6.07 Å². The van der Waals surface area contributed by atoms with Crippen molar-refractivity contribution in [2.24, 2.45) is 0 Å². The minimum absolute atomic E-state index is 0.137. The maximum absolute atomic E-state index is 13.4. The normalized spacial score (nSPS) is 19.8. The van der Waals surface area contributed by atoms with Crippen LogP contribution in [0.3, 0.4) is 0 Å². The van der Waals surface area contributed by atoms with E-state index in [0.29, 0.717) is 12.6 Å². The second kappa shape index (κ2) is 5.65. The number of Topliss-reactive ketones (excluding diaryl/α,β-unsaturated/α-hetero) is 1. The Balaban J connectivity index is 1.99. The third-order valence-corrected chi connectivity index (χ3v) is 4.24. The molecule has 1 aromatic rings. The molecule has 17 heavy (non-hydrogen) atoms. The minimum atomic E-state index is -0.424. The molecule has 0 bridgehead atoms. The molecule has 0 aromatic heterocycles. The first-order valence-electron chi connectivity index (χ1n) is 5.74. The van der Waals surface area contributed by atoms with E-state index in [1.807, 2.05) is 23.7 Å². The zero-order valence-corrected chi connectivity index (χ0v) is 10.7. The predicted molar refractivity (Wildman–Crippen MR) is 69.1 cm³/mol. The molecular formula is C13H16FNOS. The fourth-order valence-corrected chi connectivity index (χ4v) is 3.30. The van der Waals surface area contributed by atoms with E-state index in [1.54, 1.807) is 18.2 Å². The Bertz CT molecular complexity index is 404. The summed E-state index contributed by atoms with van der Waals surface area (Å²) in [4.78, 5) is 14.0. The molecule has 0 amide bonds. The standard InChI is InChI=1S/C13H16FNOS/c1-15(10-6-7-17-9-10)8-13(16)11-4-2-3-5-12(11)14/h2-5,10H,6-9H2,1H3. The summed E-state index contributed by atoms with van der Waals surface area (Å²) in [5.41, 5.74) is 0.199. The molecule has 92 valence electrons. The first-order valence-corrected chi connectivity index (χ1v) is 6.89. The average molecular weight is 253 g/mol. The number of nitrogens with zero attached hydrogens (tertiary/aromatic N) is 1. The van der Waals surface area contributed by atoms with Crippen LogP contribution in [0.25, 0.3) is 0 Å². The van der Waals surface area contributed by atoms with Gasteiger partial charge in [0.25, 0.3) is 0 Å². The van der Waals surface area contributed by atoms with Crippen LogP contribution in [0, 0.1) is 5.82 Å². The summed E-state index contributed by atoms with van der Waals surface area (Å²) in [5.74, 6) is 1.67. The van der Waals surface area contributed by atoms with Gasteiger partial charge in [0.05, 0.1) is 12.1 Å². The van der Waals surface area contributed by atoms with Gasteiger partial charge in [-0.05, 0) is 31.4 Å². The van der Waals surface area contributed by atoms with Crippen molar-refractivity contribution in [2.75, 3.05) is 25.1 Å². The smallest absolute Gasteiger partial charge is 0.179 e. The Morgan fingerprint density at radius 1 is 1.53 bits per heavy atom. The number of rotatable bonds is 4. The van der Waals surface area contributed by atoms with Crippen LogP contribution in [0.4, 0.5) is 4.39 Å². The van der Waals surface area contributed by atoms with Gasteiger partial charge in [-0.25, -0.2) is 4.39 Å². The van der Waals surface area contributed by atoms with Crippen LogP contribution < -0.4 is 0 Å². The van der Waals surface area contributed by atoms with Gasteiger partial charge in [-0.3, -0.25) is 9.69 Å². The SMILES string of the molecule is CN(CC(=O)c1ccccc1F)C1CCSC1. The Morgan fingerprint density at radius 2 is 2.29 bits per heavy atom. The van der Waals surface area contributed by atoms with Crippen molar-refractivity contribution in [2.45, 2.75) is 12.5 Å². The highest BCUT2D eigenvalue weighted by atomic mass is 32.2. The molecule has 1 atom stereocenters. The first kappa shape index (κ1) is 12.6. The lowest BCUT2D eigenvalue weighted by molar-refractivity contribution is 0.0923. The molecule has 1 aliphatic heterocycles. The summed E-state index contributed by atoms with van der Waals surface area (Å²) < 4.78 is 13.4. The zero-order chi connectivity index (χ0) is 12.3. The van der Waals surface area contributed by atoms with Crippen molar-refractivity contribution >= 4 is 17.5 Å².